The monoisotopic (exact) mass is 1110 g/mol. The molecule has 0 aliphatic heterocycles. The molecule has 1 aliphatic rings. The van der Waals surface area contributed by atoms with Crippen molar-refractivity contribution in [2.75, 3.05) is 26.4 Å². The van der Waals surface area contributed by atoms with Gasteiger partial charge in [0.15, 0.2) is 0 Å². The second kappa shape index (κ2) is 25.5. The van der Waals surface area contributed by atoms with E-state index in [1.54, 1.807) is 24.6 Å². The third-order valence-corrected chi connectivity index (χ3v) is 15.5. The molecule has 0 heterocycles. The fourth-order valence-electron chi connectivity index (χ4n) is 10.5. The molecule has 0 saturated heterocycles. The fourth-order valence-corrected chi connectivity index (χ4v) is 10.5. The summed E-state index contributed by atoms with van der Waals surface area (Å²) in [5.74, 6) is 3.62. The molecule has 82 heavy (non-hydrogen) atoms. The highest BCUT2D eigenvalue weighted by Gasteiger charge is 2.30. The van der Waals surface area contributed by atoms with Crippen LogP contribution in [0.3, 0.4) is 0 Å². The van der Waals surface area contributed by atoms with Gasteiger partial charge >= 0.3 is 0 Å². The molecule has 0 saturated carbocycles. The second-order valence-corrected chi connectivity index (χ2v) is 28.0. The van der Waals surface area contributed by atoms with Gasteiger partial charge in [0, 0.05) is 60.4 Å². The van der Waals surface area contributed by atoms with Crippen LogP contribution in [-0.2, 0) is 52.8 Å². The number of aliphatic imine (C=N–C) groups is 2. The lowest BCUT2D eigenvalue weighted by Gasteiger charge is -2.29. The van der Waals surface area contributed by atoms with Crippen LogP contribution in [0, 0.1) is 0 Å². The van der Waals surface area contributed by atoms with Crippen molar-refractivity contribution >= 4 is 23.8 Å². The van der Waals surface area contributed by atoms with Crippen molar-refractivity contribution in [1.82, 2.24) is 0 Å². The van der Waals surface area contributed by atoms with E-state index in [0.717, 1.165) is 104 Å². The van der Waals surface area contributed by atoms with Crippen molar-refractivity contribution in [3.8, 4) is 34.5 Å². The zero-order valence-corrected chi connectivity index (χ0v) is 53.6. The van der Waals surface area contributed by atoms with Crippen LogP contribution in [-0.4, -0.2) is 49.1 Å². The summed E-state index contributed by atoms with van der Waals surface area (Å²) >= 11 is 0. The normalized spacial score (nSPS) is 13.5. The summed E-state index contributed by atoms with van der Waals surface area (Å²) < 4.78 is 28.5. The number of hydrogen-bond donors (Lipinski definition) is 2. The van der Waals surface area contributed by atoms with E-state index in [2.05, 4.69) is 174 Å². The molecule has 2 N–H and O–H groups in total. The summed E-state index contributed by atoms with van der Waals surface area (Å²) in [4.78, 5) is 10.9. The third kappa shape index (κ3) is 15.2. The molecular weight excluding hydrogens is 1010 g/mol. The van der Waals surface area contributed by atoms with Crippen LogP contribution in [0.5, 0.6) is 34.5 Å². The number of benzene rings is 6. The number of rotatable bonds is 16. The molecule has 0 atom stereocenters. The Kier molecular flexibility index (Phi) is 19.6. The maximum absolute atomic E-state index is 11.6. The van der Waals surface area contributed by atoms with E-state index < -0.39 is 0 Å². The van der Waals surface area contributed by atoms with Gasteiger partial charge in [-0.3, -0.25) is 9.98 Å². The van der Waals surface area contributed by atoms with Crippen molar-refractivity contribution < 1.29 is 29.2 Å². The standard InChI is InChI=1S/C74H98N2O6/c1-20-28-79-66-47-32-48-36-59(73(14,15)16)39-51(67(48)80-29-21-2)34-52-44-62(75-45-54-41-56(70(5,6)7)24-26-63(54)77)65(76-46-55-42-57(71(8,9)10)25-27-64(55)78)61(69(52)82-31-23-4)43-53-40-60(74(17,18)19)38-50(68(53)81-30-22-3)33-49(66)37-58(35-47)72(11,12)13/h24-27,35-42,44-46,77-78H,20-23,28-34,43H2,1-19H3. The molecule has 6 aromatic rings. The molecule has 0 amide bonds. The van der Waals surface area contributed by atoms with Crippen molar-refractivity contribution in [2.45, 2.75) is 210 Å². The van der Waals surface area contributed by atoms with Gasteiger partial charge in [-0.05, 0) is 144 Å². The molecule has 6 aromatic carbocycles. The zero-order valence-electron chi connectivity index (χ0n) is 53.6. The SMILES string of the molecule is CCCOc1c2cc(C(C)(C)C)cc1Cc1cc(C(C)(C)C)cc(c1OCCC)Cc1c(N=Cc3cc(C(C)(C)C)ccc3O)c(N=Cc3cc(C(C)(C)C)ccc3O)cc(c1OCCC)Cc1cc(C(C)(C)C)cc(c1OCCC)C2. The minimum absolute atomic E-state index is 0.126. The summed E-state index contributed by atoms with van der Waals surface area (Å²) in [5, 5.41) is 23.1. The van der Waals surface area contributed by atoms with E-state index in [1.165, 1.54) is 16.7 Å². The first-order chi connectivity index (χ1) is 38.4. The van der Waals surface area contributed by atoms with Crippen LogP contribution in [0.4, 0.5) is 11.4 Å². The highest BCUT2D eigenvalue weighted by atomic mass is 16.5. The highest BCUT2D eigenvalue weighted by Crippen LogP contribution is 2.48. The van der Waals surface area contributed by atoms with Crippen molar-refractivity contribution in [1.29, 1.82) is 0 Å². The minimum atomic E-state index is -0.241. The van der Waals surface area contributed by atoms with Gasteiger partial charge in [-0.25, -0.2) is 0 Å². The van der Waals surface area contributed by atoms with E-state index in [9.17, 15) is 10.2 Å². The Morgan fingerprint density at radius 2 is 0.659 bits per heavy atom. The largest absolute Gasteiger partial charge is 0.507 e. The van der Waals surface area contributed by atoms with Gasteiger partial charge in [0.25, 0.3) is 0 Å². The number of fused-ring (bicyclic) bond motifs is 8. The molecular formula is C74H98N2O6. The second-order valence-electron chi connectivity index (χ2n) is 28.0. The zero-order chi connectivity index (χ0) is 60.1. The Morgan fingerprint density at radius 1 is 0.366 bits per heavy atom. The number of hydrogen-bond acceptors (Lipinski definition) is 8. The average Bonchev–Trinajstić information content (AvgIpc) is 3.53. The Labute approximate surface area is 493 Å². The van der Waals surface area contributed by atoms with Gasteiger partial charge in [-0.15, -0.1) is 0 Å². The first kappa shape index (κ1) is 63.0. The maximum Gasteiger partial charge on any atom is 0.128 e. The topological polar surface area (TPSA) is 102 Å². The molecule has 8 heteroatoms. The summed E-state index contributed by atoms with van der Waals surface area (Å²) in [6, 6.07) is 27.8. The summed E-state index contributed by atoms with van der Waals surface area (Å²) in [7, 11) is 0. The lowest BCUT2D eigenvalue weighted by Crippen LogP contribution is -2.17. The smallest absolute Gasteiger partial charge is 0.128 e. The molecule has 440 valence electrons. The molecule has 0 aromatic heterocycles. The summed E-state index contributed by atoms with van der Waals surface area (Å²) in [5.41, 5.74) is 15.4. The molecule has 0 radical (unpaired) electrons. The van der Waals surface area contributed by atoms with Crippen molar-refractivity contribution in [3.63, 3.8) is 0 Å². The van der Waals surface area contributed by atoms with Crippen LogP contribution in [0.2, 0.25) is 0 Å². The van der Waals surface area contributed by atoms with E-state index in [0.29, 0.717) is 74.6 Å². The van der Waals surface area contributed by atoms with E-state index >= 15 is 0 Å². The predicted molar refractivity (Wildman–Crippen MR) is 344 cm³/mol. The predicted octanol–water partition coefficient (Wildman–Crippen LogP) is 18.9. The lowest BCUT2D eigenvalue weighted by atomic mass is 9.80. The maximum atomic E-state index is 11.6. The summed E-state index contributed by atoms with van der Waals surface area (Å²) in [6.07, 6.45) is 8.81. The molecule has 0 unspecified atom stereocenters. The number of phenolic OH excluding ortho intramolecular Hbond substituents is 2. The lowest BCUT2D eigenvalue weighted by molar-refractivity contribution is 0.304. The Hall–Kier alpha value is -6.54. The van der Waals surface area contributed by atoms with E-state index in [1.807, 2.05) is 24.3 Å². The Balaban J connectivity index is 1.73. The average molecular weight is 1110 g/mol. The quantitative estimate of drug-likeness (QED) is 0.0935. The third-order valence-electron chi connectivity index (χ3n) is 15.5. The van der Waals surface area contributed by atoms with E-state index in [-0.39, 0.29) is 38.6 Å². The van der Waals surface area contributed by atoms with Crippen LogP contribution in [0.15, 0.2) is 88.8 Å². The number of nitrogens with zero attached hydrogens (tertiary/aromatic N) is 2. The van der Waals surface area contributed by atoms with Gasteiger partial charge in [-0.2, -0.15) is 0 Å². The van der Waals surface area contributed by atoms with Crippen LogP contribution in [0.25, 0.3) is 0 Å². The minimum Gasteiger partial charge on any atom is -0.507 e. The molecule has 1 aliphatic carbocycles. The number of aromatic hydroxyl groups is 2. The van der Waals surface area contributed by atoms with Gasteiger partial charge in [-0.1, -0.05) is 180 Å². The fraction of sp³-hybridized carbons (Fsp3) is 0.486. The molecule has 7 rings (SSSR count). The number of phenols is 2. The molecule has 0 spiro atoms. The van der Waals surface area contributed by atoms with Crippen LogP contribution < -0.4 is 18.9 Å². The van der Waals surface area contributed by atoms with Gasteiger partial charge in [0.1, 0.15) is 34.5 Å². The Bertz CT molecular complexity index is 3290. The van der Waals surface area contributed by atoms with Crippen molar-refractivity contribution in [2.24, 2.45) is 9.98 Å². The van der Waals surface area contributed by atoms with Gasteiger partial charge < -0.3 is 29.2 Å². The van der Waals surface area contributed by atoms with Gasteiger partial charge in [0.2, 0.25) is 0 Å². The van der Waals surface area contributed by atoms with Crippen LogP contribution >= 0.6 is 0 Å². The number of ether oxygens (including phenoxy) is 4. The molecule has 0 fully saturated rings. The molecule has 8 bridgehead atoms. The Morgan fingerprint density at radius 3 is 0.976 bits per heavy atom. The first-order valence-corrected chi connectivity index (χ1v) is 30.4. The summed E-state index contributed by atoms with van der Waals surface area (Å²) in [6.45, 7) is 44.4. The van der Waals surface area contributed by atoms with E-state index in [4.69, 9.17) is 28.9 Å². The van der Waals surface area contributed by atoms with Crippen LogP contribution in [0.1, 0.15) is 241 Å². The molecule has 8 nitrogen and oxygen atoms in total. The van der Waals surface area contributed by atoms with Gasteiger partial charge in [0.05, 0.1) is 37.8 Å². The highest BCUT2D eigenvalue weighted by molar-refractivity contribution is 5.91. The first-order valence-electron chi connectivity index (χ1n) is 30.4. The van der Waals surface area contributed by atoms with Crippen molar-refractivity contribution in [3.05, 3.63) is 162 Å².